The van der Waals surface area contributed by atoms with Crippen molar-refractivity contribution in [2.24, 2.45) is 0 Å². The minimum absolute atomic E-state index is 0.104. The Morgan fingerprint density at radius 3 is 2.27 bits per heavy atom. The number of rotatable bonds is 8. The first-order chi connectivity index (χ1) is 19.7. The summed E-state index contributed by atoms with van der Waals surface area (Å²) in [6.07, 6.45) is 7.48. The summed E-state index contributed by atoms with van der Waals surface area (Å²) in [4.78, 5) is 22.5. The van der Waals surface area contributed by atoms with Crippen LogP contribution >= 0.6 is 0 Å². The molecule has 0 radical (unpaired) electrons. The van der Waals surface area contributed by atoms with Crippen LogP contribution in [-0.4, -0.2) is 45.9 Å². The zero-order valence-electron chi connectivity index (χ0n) is 23.4. The van der Waals surface area contributed by atoms with E-state index in [0.717, 1.165) is 60.7 Å². The van der Waals surface area contributed by atoms with E-state index in [0.29, 0.717) is 18.2 Å². The highest BCUT2D eigenvalue weighted by molar-refractivity contribution is 5.92. The minimum Gasteiger partial charge on any atom is -0.340 e. The maximum Gasteiger partial charge on any atom is 0.416 e. The summed E-state index contributed by atoms with van der Waals surface area (Å²) in [7, 11) is 0. The van der Waals surface area contributed by atoms with Crippen molar-refractivity contribution in [2.75, 3.05) is 18.4 Å². The van der Waals surface area contributed by atoms with Crippen LogP contribution in [0.25, 0.3) is 6.08 Å². The SMILES string of the molecule is Cc1ccc(Nc2ccc(CN(C(=O)C=Cc3ccc(C(F)(F)F)cc3)C3CCN(C4CCCC4)CC3)cc2)nc1. The van der Waals surface area contributed by atoms with Crippen molar-refractivity contribution in [2.45, 2.75) is 70.3 Å². The molecule has 0 atom stereocenters. The zero-order valence-corrected chi connectivity index (χ0v) is 23.4. The van der Waals surface area contributed by atoms with Crippen LogP contribution in [0.1, 0.15) is 60.8 Å². The highest BCUT2D eigenvalue weighted by Crippen LogP contribution is 2.30. The first kappa shape index (κ1) is 28.9. The molecular formula is C33H37F3N4O. The van der Waals surface area contributed by atoms with Gasteiger partial charge in [-0.15, -0.1) is 0 Å². The number of aromatic nitrogens is 1. The summed E-state index contributed by atoms with van der Waals surface area (Å²) in [5.74, 6) is 0.637. The molecule has 5 nitrogen and oxygen atoms in total. The number of amides is 1. The van der Waals surface area contributed by atoms with Crippen molar-refractivity contribution in [3.63, 3.8) is 0 Å². The third-order valence-electron chi connectivity index (χ3n) is 8.21. The Labute approximate surface area is 240 Å². The summed E-state index contributed by atoms with van der Waals surface area (Å²) >= 11 is 0. The molecule has 1 amide bonds. The van der Waals surface area contributed by atoms with Gasteiger partial charge in [-0.1, -0.05) is 43.2 Å². The van der Waals surface area contributed by atoms with Crippen LogP contribution in [0.2, 0.25) is 0 Å². The van der Waals surface area contributed by atoms with E-state index in [4.69, 9.17) is 0 Å². The number of pyridine rings is 1. The van der Waals surface area contributed by atoms with Gasteiger partial charge < -0.3 is 15.1 Å². The van der Waals surface area contributed by atoms with Crippen LogP contribution in [0.5, 0.6) is 0 Å². The number of likely N-dealkylation sites (tertiary alicyclic amines) is 1. The van der Waals surface area contributed by atoms with E-state index in [-0.39, 0.29) is 11.9 Å². The smallest absolute Gasteiger partial charge is 0.340 e. The molecule has 1 N–H and O–H groups in total. The Morgan fingerprint density at radius 1 is 0.976 bits per heavy atom. The van der Waals surface area contributed by atoms with E-state index in [1.165, 1.54) is 43.9 Å². The summed E-state index contributed by atoms with van der Waals surface area (Å²) in [6, 6.07) is 17.6. The summed E-state index contributed by atoms with van der Waals surface area (Å²) in [5.41, 5.74) is 2.88. The Hall–Kier alpha value is -3.65. The Bertz CT molecular complexity index is 1310. The molecule has 1 saturated carbocycles. The van der Waals surface area contributed by atoms with Crippen LogP contribution in [0.15, 0.2) is 72.9 Å². The monoisotopic (exact) mass is 562 g/mol. The first-order valence-electron chi connectivity index (χ1n) is 14.4. The second-order valence-corrected chi connectivity index (χ2v) is 11.2. The van der Waals surface area contributed by atoms with E-state index >= 15 is 0 Å². The Morgan fingerprint density at radius 2 is 1.66 bits per heavy atom. The van der Waals surface area contributed by atoms with Gasteiger partial charge >= 0.3 is 6.18 Å². The molecule has 8 heteroatoms. The number of nitrogens with zero attached hydrogens (tertiary/aromatic N) is 3. The maximum absolute atomic E-state index is 13.5. The van der Waals surface area contributed by atoms with Crippen molar-refractivity contribution >= 4 is 23.5 Å². The number of carbonyl (C=O) groups is 1. The number of anilines is 2. The standard InChI is InChI=1S/C33H37F3N4O/c1-24-6-16-31(37-22-24)38-28-14-9-26(10-15-28)23-40(30-18-20-39(21-19-30)29-4-2-3-5-29)32(41)17-11-25-7-12-27(13-8-25)33(34,35)36/h6-17,22,29-30H,2-5,18-21,23H2,1H3,(H,37,38). The topological polar surface area (TPSA) is 48.5 Å². The van der Waals surface area contributed by atoms with Gasteiger partial charge in [-0.05, 0) is 85.7 Å². The molecule has 5 rings (SSSR count). The summed E-state index contributed by atoms with van der Waals surface area (Å²) in [5, 5.41) is 3.30. The first-order valence-corrected chi connectivity index (χ1v) is 14.4. The van der Waals surface area contributed by atoms with Crippen LogP contribution < -0.4 is 5.32 Å². The van der Waals surface area contributed by atoms with Gasteiger partial charge in [0.1, 0.15) is 5.82 Å². The number of hydrogen-bond acceptors (Lipinski definition) is 4. The van der Waals surface area contributed by atoms with Crippen molar-refractivity contribution in [3.05, 3.63) is 95.2 Å². The molecule has 2 aliphatic rings. The third kappa shape index (κ3) is 7.76. The van der Waals surface area contributed by atoms with Gasteiger partial charge in [0.2, 0.25) is 5.91 Å². The Kier molecular flexibility index (Phi) is 9.08. The number of nitrogens with one attached hydrogen (secondary N) is 1. The van der Waals surface area contributed by atoms with Gasteiger partial charge in [0.15, 0.2) is 0 Å². The normalized spacial score (nSPS) is 17.3. The predicted molar refractivity (Wildman–Crippen MR) is 157 cm³/mol. The average Bonchev–Trinajstić information content (AvgIpc) is 3.52. The lowest BCUT2D eigenvalue weighted by Gasteiger charge is -2.40. The van der Waals surface area contributed by atoms with Gasteiger partial charge in [0.05, 0.1) is 5.56 Å². The molecule has 216 valence electrons. The molecule has 1 aliphatic heterocycles. The fourth-order valence-electron chi connectivity index (χ4n) is 5.85. The average molecular weight is 563 g/mol. The highest BCUT2D eigenvalue weighted by atomic mass is 19.4. The lowest BCUT2D eigenvalue weighted by molar-refractivity contribution is -0.137. The quantitative estimate of drug-likeness (QED) is 0.287. The maximum atomic E-state index is 13.5. The molecule has 2 fully saturated rings. The minimum atomic E-state index is -4.38. The number of piperidine rings is 1. The third-order valence-corrected chi connectivity index (χ3v) is 8.21. The lowest BCUT2D eigenvalue weighted by atomic mass is 9.99. The molecule has 0 unspecified atom stereocenters. The number of carbonyl (C=O) groups excluding carboxylic acids is 1. The molecule has 0 bridgehead atoms. The van der Waals surface area contributed by atoms with Crippen molar-refractivity contribution in [1.29, 1.82) is 0 Å². The van der Waals surface area contributed by atoms with Crippen molar-refractivity contribution in [3.8, 4) is 0 Å². The molecule has 2 heterocycles. The largest absolute Gasteiger partial charge is 0.416 e. The molecule has 3 aromatic rings. The highest BCUT2D eigenvalue weighted by Gasteiger charge is 2.31. The van der Waals surface area contributed by atoms with Crippen molar-refractivity contribution < 1.29 is 18.0 Å². The molecule has 2 aromatic carbocycles. The van der Waals surface area contributed by atoms with E-state index in [1.807, 2.05) is 54.4 Å². The lowest BCUT2D eigenvalue weighted by Crippen LogP contribution is -2.48. The van der Waals surface area contributed by atoms with Gasteiger partial charge in [-0.2, -0.15) is 13.2 Å². The fraction of sp³-hybridized carbons (Fsp3) is 0.394. The number of hydrogen-bond donors (Lipinski definition) is 1. The summed E-state index contributed by atoms with van der Waals surface area (Å²) < 4.78 is 38.8. The Balaban J connectivity index is 1.28. The number of benzene rings is 2. The number of alkyl halides is 3. The summed E-state index contributed by atoms with van der Waals surface area (Å²) in [6.45, 7) is 4.42. The second kappa shape index (κ2) is 12.9. The van der Waals surface area contributed by atoms with Crippen LogP contribution in [0, 0.1) is 6.92 Å². The van der Waals surface area contributed by atoms with E-state index in [9.17, 15) is 18.0 Å². The molecule has 41 heavy (non-hydrogen) atoms. The molecule has 0 spiro atoms. The van der Waals surface area contributed by atoms with E-state index in [1.54, 1.807) is 6.08 Å². The van der Waals surface area contributed by atoms with Gasteiger partial charge in [0.25, 0.3) is 0 Å². The van der Waals surface area contributed by atoms with Gasteiger partial charge in [-0.25, -0.2) is 4.98 Å². The zero-order chi connectivity index (χ0) is 28.8. The van der Waals surface area contributed by atoms with Gasteiger partial charge in [-0.3, -0.25) is 4.79 Å². The van der Waals surface area contributed by atoms with Gasteiger partial charge in [0, 0.05) is 49.7 Å². The number of aryl methyl sites for hydroxylation is 1. The second-order valence-electron chi connectivity index (χ2n) is 11.2. The van der Waals surface area contributed by atoms with Crippen LogP contribution in [0.3, 0.4) is 0 Å². The predicted octanol–water partition coefficient (Wildman–Crippen LogP) is 7.60. The molecular weight excluding hydrogens is 525 g/mol. The van der Waals surface area contributed by atoms with E-state index < -0.39 is 11.7 Å². The number of halogens is 3. The fourth-order valence-corrected chi connectivity index (χ4v) is 5.85. The van der Waals surface area contributed by atoms with Crippen molar-refractivity contribution in [1.82, 2.24) is 14.8 Å². The molecule has 1 aliphatic carbocycles. The van der Waals surface area contributed by atoms with Crippen LogP contribution in [0.4, 0.5) is 24.7 Å². The van der Waals surface area contributed by atoms with Crippen LogP contribution in [-0.2, 0) is 17.5 Å². The molecule has 1 saturated heterocycles. The molecule has 1 aromatic heterocycles. The van der Waals surface area contributed by atoms with E-state index in [2.05, 4.69) is 15.2 Å².